The third kappa shape index (κ3) is 4.11. The maximum Gasteiger partial charge on any atom is 0.326 e. The molecule has 2 N–H and O–H groups in total. The summed E-state index contributed by atoms with van der Waals surface area (Å²) < 4.78 is 0.267. The fourth-order valence-corrected chi connectivity index (χ4v) is 3.59. The Morgan fingerprint density at radius 1 is 1.39 bits per heavy atom. The first kappa shape index (κ1) is 17.5. The van der Waals surface area contributed by atoms with Crippen LogP contribution in [0, 0.1) is 0 Å². The second-order valence-electron chi connectivity index (χ2n) is 5.14. The highest BCUT2D eigenvalue weighted by Crippen LogP contribution is 2.35. The zero-order valence-corrected chi connectivity index (χ0v) is 14.2. The first-order valence-corrected chi connectivity index (χ1v) is 8.45. The molecule has 0 saturated carbocycles. The quantitative estimate of drug-likeness (QED) is 0.605. The van der Waals surface area contributed by atoms with Gasteiger partial charge in [-0.3, -0.25) is 9.69 Å². The van der Waals surface area contributed by atoms with Crippen LogP contribution in [0.2, 0.25) is 0 Å². The van der Waals surface area contributed by atoms with E-state index in [9.17, 15) is 19.8 Å². The van der Waals surface area contributed by atoms with Crippen molar-refractivity contribution in [3.05, 3.63) is 34.7 Å². The summed E-state index contributed by atoms with van der Waals surface area (Å²) in [5.41, 5.74) is 0.740. The fourth-order valence-electron chi connectivity index (χ4n) is 2.23. The molecule has 0 spiro atoms. The minimum absolute atomic E-state index is 0.139. The van der Waals surface area contributed by atoms with Gasteiger partial charge in [-0.05, 0) is 30.2 Å². The molecular weight excluding hydrogens is 334 g/mol. The summed E-state index contributed by atoms with van der Waals surface area (Å²) in [7, 11) is 0. The number of unbranched alkanes of at least 4 members (excludes halogenated alkanes) is 1. The molecule has 0 radical (unpaired) electrons. The SMILES string of the molecule is CCCCC(C(=O)O)N1C(=O)/C(=C/c2ccc(O)cc2)SC1=S. The van der Waals surface area contributed by atoms with Crippen LogP contribution in [-0.4, -0.2) is 37.4 Å². The normalized spacial score (nSPS) is 17.8. The number of nitrogens with zero attached hydrogens (tertiary/aromatic N) is 1. The van der Waals surface area contributed by atoms with Crippen LogP contribution >= 0.6 is 24.0 Å². The third-order valence-electron chi connectivity index (χ3n) is 3.44. The van der Waals surface area contributed by atoms with E-state index in [1.807, 2.05) is 6.92 Å². The van der Waals surface area contributed by atoms with E-state index in [0.29, 0.717) is 17.7 Å². The van der Waals surface area contributed by atoms with Gasteiger partial charge in [0.25, 0.3) is 5.91 Å². The average molecular weight is 351 g/mol. The summed E-state index contributed by atoms with van der Waals surface area (Å²) in [5, 5.41) is 18.7. The number of aromatic hydroxyl groups is 1. The van der Waals surface area contributed by atoms with Gasteiger partial charge in [-0.2, -0.15) is 0 Å². The Morgan fingerprint density at radius 2 is 2.04 bits per heavy atom. The van der Waals surface area contributed by atoms with E-state index >= 15 is 0 Å². The number of thioether (sulfide) groups is 1. The molecule has 122 valence electrons. The van der Waals surface area contributed by atoms with Crippen molar-refractivity contribution in [1.82, 2.24) is 4.90 Å². The summed E-state index contributed by atoms with van der Waals surface area (Å²) in [4.78, 5) is 25.6. The maximum absolute atomic E-state index is 12.5. The molecule has 7 heteroatoms. The van der Waals surface area contributed by atoms with Gasteiger partial charge in [-0.15, -0.1) is 0 Å². The molecule has 1 aromatic rings. The van der Waals surface area contributed by atoms with Crippen molar-refractivity contribution in [2.45, 2.75) is 32.2 Å². The molecule has 1 aromatic carbocycles. The molecule has 1 saturated heterocycles. The number of rotatable bonds is 6. The number of carboxylic acids is 1. The number of carbonyl (C=O) groups excluding carboxylic acids is 1. The molecule has 1 unspecified atom stereocenters. The molecule has 1 heterocycles. The Bertz CT molecular complexity index is 655. The molecule has 1 aliphatic rings. The van der Waals surface area contributed by atoms with Gasteiger partial charge in [0.05, 0.1) is 4.91 Å². The largest absolute Gasteiger partial charge is 0.508 e. The number of aliphatic carboxylic acids is 1. The highest BCUT2D eigenvalue weighted by Gasteiger charge is 2.40. The lowest BCUT2D eigenvalue weighted by Gasteiger charge is -2.22. The molecular formula is C16H17NO4S2. The van der Waals surface area contributed by atoms with Crippen LogP contribution < -0.4 is 0 Å². The lowest BCUT2D eigenvalue weighted by Crippen LogP contribution is -2.43. The Morgan fingerprint density at radius 3 is 2.61 bits per heavy atom. The number of hydrogen-bond acceptors (Lipinski definition) is 5. The second kappa shape index (κ2) is 7.61. The lowest BCUT2D eigenvalue weighted by atomic mass is 10.1. The first-order valence-electron chi connectivity index (χ1n) is 7.23. The highest BCUT2D eigenvalue weighted by atomic mass is 32.2. The average Bonchev–Trinajstić information content (AvgIpc) is 2.77. The van der Waals surface area contributed by atoms with Gasteiger partial charge < -0.3 is 10.2 Å². The number of carboxylic acid groups (broad SMARTS) is 1. The van der Waals surface area contributed by atoms with Crippen molar-refractivity contribution < 1.29 is 19.8 Å². The number of thiocarbonyl (C=S) groups is 1. The molecule has 1 amide bonds. The van der Waals surface area contributed by atoms with Crippen molar-refractivity contribution in [3.8, 4) is 5.75 Å². The van der Waals surface area contributed by atoms with Crippen LogP contribution in [0.15, 0.2) is 29.2 Å². The zero-order chi connectivity index (χ0) is 17.0. The molecule has 1 aliphatic heterocycles. The smallest absolute Gasteiger partial charge is 0.326 e. The van der Waals surface area contributed by atoms with Crippen molar-refractivity contribution in [2.75, 3.05) is 0 Å². The summed E-state index contributed by atoms with van der Waals surface area (Å²) in [5.74, 6) is -1.28. The number of hydrogen-bond donors (Lipinski definition) is 2. The third-order valence-corrected chi connectivity index (χ3v) is 4.77. The van der Waals surface area contributed by atoms with Crippen LogP contribution in [0.1, 0.15) is 31.7 Å². The van der Waals surface area contributed by atoms with E-state index in [0.717, 1.165) is 23.7 Å². The standard InChI is InChI=1S/C16H17NO4S2/c1-2-3-4-12(15(20)21)17-14(19)13(23-16(17)22)9-10-5-7-11(18)8-6-10/h5-9,12,18H,2-4H2,1H3,(H,20,21)/b13-9-. The number of amides is 1. The van der Waals surface area contributed by atoms with Crippen molar-refractivity contribution in [3.63, 3.8) is 0 Å². The molecule has 1 fully saturated rings. The van der Waals surface area contributed by atoms with Crippen LogP contribution in [0.4, 0.5) is 0 Å². The Hall–Kier alpha value is -1.86. The predicted molar refractivity (Wildman–Crippen MR) is 94.1 cm³/mol. The van der Waals surface area contributed by atoms with E-state index in [-0.39, 0.29) is 16.0 Å². The van der Waals surface area contributed by atoms with Gasteiger partial charge in [0.1, 0.15) is 16.1 Å². The second-order valence-corrected chi connectivity index (χ2v) is 6.82. The van der Waals surface area contributed by atoms with Crippen LogP contribution in [0.5, 0.6) is 5.75 Å². The Balaban J connectivity index is 2.24. The summed E-state index contributed by atoms with van der Waals surface area (Å²) in [6.45, 7) is 1.97. The number of carbonyl (C=O) groups is 2. The minimum Gasteiger partial charge on any atom is -0.508 e. The number of phenols is 1. The van der Waals surface area contributed by atoms with Crippen molar-refractivity contribution >= 4 is 46.3 Å². The van der Waals surface area contributed by atoms with E-state index < -0.39 is 12.0 Å². The van der Waals surface area contributed by atoms with E-state index in [4.69, 9.17) is 12.2 Å². The number of benzene rings is 1. The van der Waals surface area contributed by atoms with E-state index in [2.05, 4.69) is 0 Å². The first-order chi connectivity index (χ1) is 10.9. The van der Waals surface area contributed by atoms with Crippen molar-refractivity contribution in [2.24, 2.45) is 0 Å². The molecule has 23 heavy (non-hydrogen) atoms. The number of phenolic OH excluding ortho intramolecular Hbond substituents is 1. The Kier molecular flexibility index (Phi) is 5.79. The molecule has 0 aliphatic carbocycles. The van der Waals surface area contributed by atoms with Crippen LogP contribution in [0.25, 0.3) is 6.08 Å². The topological polar surface area (TPSA) is 77.8 Å². The molecule has 2 rings (SSSR count). The highest BCUT2D eigenvalue weighted by molar-refractivity contribution is 8.26. The monoisotopic (exact) mass is 351 g/mol. The van der Waals surface area contributed by atoms with Gasteiger partial charge in [0.2, 0.25) is 0 Å². The molecule has 0 aromatic heterocycles. The minimum atomic E-state index is -1.04. The summed E-state index contributed by atoms with van der Waals surface area (Å²) in [6.07, 6.45) is 3.59. The molecule has 5 nitrogen and oxygen atoms in total. The van der Waals surface area contributed by atoms with E-state index in [1.165, 1.54) is 17.0 Å². The van der Waals surface area contributed by atoms with Gasteiger partial charge in [-0.25, -0.2) is 4.79 Å². The van der Waals surface area contributed by atoms with Gasteiger partial charge in [0, 0.05) is 0 Å². The van der Waals surface area contributed by atoms with Crippen LogP contribution in [0.3, 0.4) is 0 Å². The predicted octanol–water partition coefficient (Wildman–Crippen LogP) is 3.24. The summed E-state index contributed by atoms with van der Waals surface area (Å²) >= 11 is 6.30. The molecule has 0 bridgehead atoms. The van der Waals surface area contributed by atoms with Gasteiger partial charge in [-0.1, -0.05) is 55.9 Å². The van der Waals surface area contributed by atoms with Gasteiger partial charge in [0.15, 0.2) is 0 Å². The van der Waals surface area contributed by atoms with Crippen molar-refractivity contribution in [1.29, 1.82) is 0 Å². The molecule has 1 atom stereocenters. The van der Waals surface area contributed by atoms with Crippen LogP contribution in [-0.2, 0) is 9.59 Å². The fraction of sp³-hybridized carbons (Fsp3) is 0.312. The summed E-state index contributed by atoms with van der Waals surface area (Å²) in [6, 6.07) is 5.47. The Labute approximate surface area is 144 Å². The zero-order valence-electron chi connectivity index (χ0n) is 12.6. The van der Waals surface area contributed by atoms with Gasteiger partial charge >= 0.3 is 5.97 Å². The maximum atomic E-state index is 12.5. The van der Waals surface area contributed by atoms with E-state index in [1.54, 1.807) is 18.2 Å². The lowest BCUT2D eigenvalue weighted by molar-refractivity contribution is -0.145.